The molecule has 1 aromatic heterocycles. The van der Waals surface area contributed by atoms with Crippen LogP contribution in [0.4, 0.5) is 13.2 Å². The molecule has 0 fully saturated rings. The lowest BCUT2D eigenvalue weighted by atomic mass is 9.91. The van der Waals surface area contributed by atoms with E-state index in [0.717, 1.165) is 21.5 Å². The Morgan fingerprint density at radius 1 is 1.46 bits per heavy atom. The number of aromatic amines is 1. The molecule has 0 radical (unpaired) electrons. The minimum absolute atomic E-state index is 0.179. The SMILES string of the molecule is COC(=O)CC1Cc2cc(C)c3[nH]ncc3c2CN(CC(F)(F)F)C1=O. The van der Waals surface area contributed by atoms with Gasteiger partial charge in [-0.25, -0.2) is 0 Å². The summed E-state index contributed by atoms with van der Waals surface area (Å²) in [6.45, 7) is 0.314. The molecular weight excluding hydrogens is 351 g/mol. The van der Waals surface area contributed by atoms with Crippen molar-refractivity contribution in [1.29, 1.82) is 0 Å². The van der Waals surface area contributed by atoms with Crippen LogP contribution >= 0.6 is 0 Å². The fourth-order valence-electron chi connectivity index (χ4n) is 3.45. The largest absolute Gasteiger partial charge is 0.469 e. The van der Waals surface area contributed by atoms with Crippen molar-refractivity contribution in [2.75, 3.05) is 13.7 Å². The lowest BCUT2D eigenvalue weighted by molar-refractivity contribution is -0.165. The molecule has 2 heterocycles. The zero-order valence-electron chi connectivity index (χ0n) is 14.3. The number of benzene rings is 1. The standard InChI is InChI=1S/C17H18F3N3O3/c1-9-3-10-4-11(5-14(24)26-2)16(25)23(8-17(18,19)20)7-13(10)12-6-21-22-15(9)12/h3,6,11H,4-5,7-8H2,1-2H3,(H,21,22). The van der Waals surface area contributed by atoms with Crippen molar-refractivity contribution in [2.45, 2.75) is 32.5 Å². The van der Waals surface area contributed by atoms with Gasteiger partial charge in [0, 0.05) is 11.9 Å². The van der Waals surface area contributed by atoms with Gasteiger partial charge in [-0.2, -0.15) is 18.3 Å². The number of aryl methyl sites for hydroxylation is 1. The summed E-state index contributed by atoms with van der Waals surface area (Å²) in [7, 11) is 1.18. The number of hydrogen-bond acceptors (Lipinski definition) is 4. The van der Waals surface area contributed by atoms with Crippen LogP contribution in [0.25, 0.3) is 10.9 Å². The number of halogens is 3. The molecule has 0 bridgehead atoms. The van der Waals surface area contributed by atoms with E-state index in [2.05, 4.69) is 14.9 Å². The number of carbonyl (C=O) groups excluding carboxylic acids is 2. The number of nitrogens with zero attached hydrogens (tertiary/aromatic N) is 2. The molecule has 1 atom stereocenters. The van der Waals surface area contributed by atoms with E-state index in [1.807, 2.05) is 13.0 Å². The number of rotatable bonds is 3. The van der Waals surface area contributed by atoms with Crippen molar-refractivity contribution >= 4 is 22.8 Å². The molecular formula is C17H18F3N3O3. The Hall–Kier alpha value is -2.58. The average molecular weight is 369 g/mol. The predicted molar refractivity (Wildman–Crippen MR) is 86.1 cm³/mol. The molecule has 2 aromatic rings. The Morgan fingerprint density at radius 3 is 2.85 bits per heavy atom. The van der Waals surface area contributed by atoms with Gasteiger partial charge in [-0.05, 0) is 30.0 Å². The van der Waals surface area contributed by atoms with Gasteiger partial charge in [0.2, 0.25) is 5.91 Å². The summed E-state index contributed by atoms with van der Waals surface area (Å²) in [4.78, 5) is 25.1. The first kappa shape index (κ1) is 18.2. The predicted octanol–water partition coefficient (Wildman–Crippen LogP) is 2.50. The summed E-state index contributed by atoms with van der Waals surface area (Å²) in [5.74, 6) is -2.21. The van der Waals surface area contributed by atoms with Crippen molar-refractivity contribution < 1.29 is 27.5 Å². The van der Waals surface area contributed by atoms with E-state index in [-0.39, 0.29) is 19.4 Å². The number of amides is 1. The van der Waals surface area contributed by atoms with Crippen LogP contribution in [0.2, 0.25) is 0 Å². The zero-order chi connectivity index (χ0) is 19.1. The topological polar surface area (TPSA) is 75.3 Å². The smallest absolute Gasteiger partial charge is 0.406 e. The first-order chi connectivity index (χ1) is 12.2. The lowest BCUT2D eigenvalue weighted by Gasteiger charge is -2.25. The number of carbonyl (C=O) groups is 2. The zero-order valence-corrected chi connectivity index (χ0v) is 14.3. The normalized spacial score (nSPS) is 18.0. The third kappa shape index (κ3) is 3.51. The van der Waals surface area contributed by atoms with Crippen LogP contribution in [0.3, 0.4) is 0 Å². The number of esters is 1. The number of fused-ring (bicyclic) bond motifs is 3. The number of nitrogens with one attached hydrogen (secondary N) is 1. The van der Waals surface area contributed by atoms with E-state index in [0.29, 0.717) is 10.9 Å². The Kier molecular flexibility index (Phi) is 4.64. The molecule has 0 saturated carbocycles. The molecule has 0 spiro atoms. The number of H-pyrrole nitrogens is 1. The van der Waals surface area contributed by atoms with Gasteiger partial charge >= 0.3 is 12.1 Å². The molecule has 3 rings (SSSR count). The van der Waals surface area contributed by atoms with Crippen molar-refractivity contribution in [3.05, 3.63) is 29.0 Å². The minimum Gasteiger partial charge on any atom is -0.469 e. The Labute approximate surface area is 147 Å². The first-order valence-electron chi connectivity index (χ1n) is 8.06. The second kappa shape index (κ2) is 6.62. The fourth-order valence-corrected chi connectivity index (χ4v) is 3.45. The molecule has 1 aliphatic rings. The average Bonchev–Trinajstić information content (AvgIpc) is 3.00. The highest BCUT2D eigenvalue weighted by molar-refractivity contribution is 5.89. The first-order valence-corrected chi connectivity index (χ1v) is 8.06. The number of hydrogen-bond donors (Lipinski definition) is 1. The monoisotopic (exact) mass is 369 g/mol. The highest BCUT2D eigenvalue weighted by atomic mass is 19.4. The summed E-state index contributed by atoms with van der Waals surface area (Å²) >= 11 is 0. The van der Waals surface area contributed by atoms with Crippen LogP contribution < -0.4 is 0 Å². The van der Waals surface area contributed by atoms with E-state index in [1.54, 1.807) is 6.20 Å². The maximum absolute atomic E-state index is 13.0. The second-order valence-electron chi connectivity index (χ2n) is 6.48. The van der Waals surface area contributed by atoms with Crippen LogP contribution in [-0.2, 0) is 27.3 Å². The molecule has 26 heavy (non-hydrogen) atoms. The van der Waals surface area contributed by atoms with E-state index in [9.17, 15) is 22.8 Å². The summed E-state index contributed by atoms with van der Waals surface area (Å²) < 4.78 is 43.6. The van der Waals surface area contributed by atoms with E-state index >= 15 is 0 Å². The molecule has 140 valence electrons. The van der Waals surface area contributed by atoms with Gasteiger partial charge in [0.1, 0.15) is 6.54 Å². The highest BCUT2D eigenvalue weighted by Gasteiger charge is 2.38. The molecule has 9 heteroatoms. The Balaban J connectivity index is 2.08. The van der Waals surface area contributed by atoms with Crippen LogP contribution in [-0.4, -0.2) is 46.8 Å². The molecule has 0 saturated heterocycles. The molecule has 1 amide bonds. The maximum atomic E-state index is 13.0. The van der Waals surface area contributed by atoms with Crippen molar-refractivity contribution in [1.82, 2.24) is 15.1 Å². The van der Waals surface area contributed by atoms with Gasteiger partial charge in [-0.3, -0.25) is 14.7 Å². The summed E-state index contributed by atoms with van der Waals surface area (Å²) in [6, 6.07) is 1.84. The van der Waals surface area contributed by atoms with E-state index in [1.165, 1.54) is 7.11 Å². The molecule has 1 aromatic carbocycles. The quantitative estimate of drug-likeness (QED) is 0.844. The van der Waals surface area contributed by atoms with Crippen molar-refractivity contribution in [3.63, 3.8) is 0 Å². The summed E-state index contributed by atoms with van der Waals surface area (Å²) in [5, 5.41) is 7.50. The minimum atomic E-state index is -4.53. The number of ether oxygens (including phenoxy) is 1. The van der Waals surface area contributed by atoms with E-state index in [4.69, 9.17) is 0 Å². The van der Waals surface area contributed by atoms with Crippen molar-refractivity contribution in [3.8, 4) is 0 Å². The number of methoxy groups -OCH3 is 1. The number of aromatic nitrogens is 2. The number of alkyl halides is 3. The Bertz CT molecular complexity index is 860. The van der Waals surface area contributed by atoms with Crippen LogP contribution in [0.15, 0.2) is 12.3 Å². The van der Waals surface area contributed by atoms with Gasteiger partial charge < -0.3 is 9.64 Å². The van der Waals surface area contributed by atoms with Crippen LogP contribution in [0, 0.1) is 12.8 Å². The fraction of sp³-hybridized carbons (Fsp3) is 0.471. The van der Waals surface area contributed by atoms with Crippen LogP contribution in [0.1, 0.15) is 23.1 Å². The van der Waals surface area contributed by atoms with E-state index < -0.39 is 30.5 Å². The maximum Gasteiger partial charge on any atom is 0.406 e. The Morgan fingerprint density at radius 2 is 2.19 bits per heavy atom. The third-order valence-corrected chi connectivity index (χ3v) is 4.62. The summed E-state index contributed by atoms with van der Waals surface area (Å²) in [5.41, 5.74) is 2.99. The third-order valence-electron chi connectivity index (χ3n) is 4.62. The van der Waals surface area contributed by atoms with Crippen LogP contribution in [0.5, 0.6) is 0 Å². The van der Waals surface area contributed by atoms with Gasteiger partial charge in [-0.1, -0.05) is 6.07 Å². The van der Waals surface area contributed by atoms with Crippen molar-refractivity contribution in [2.24, 2.45) is 5.92 Å². The molecule has 1 N–H and O–H groups in total. The van der Waals surface area contributed by atoms with Gasteiger partial charge in [0.15, 0.2) is 0 Å². The highest BCUT2D eigenvalue weighted by Crippen LogP contribution is 2.33. The van der Waals surface area contributed by atoms with Gasteiger partial charge in [-0.15, -0.1) is 0 Å². The van der Waals surface area contributed by atoms with Gasteiger partial charge in [0.25, 0.3) is 0 Å². The molecule has 6 nitrogen and oxygen atoms in total. The molecule has 1 aliphatic heterocycles. The van der Waals surface area contributed by atoms with Gasteiger partial charge in [0.05, 0.1) is 31.2 Å². The molecule has 1 unspecified atom stereocenters. The summed E-state index contributed by atoms with van der Waals surface area (Å²) in [6.07, 6.45) is -3.06. The molecule has 0 aliphatic carbocycles. The lowest BCUT2D eigenvalue weighted by Crippen LogP contribution is -2.41. The second-order valence-corrected chi connectivity index (χ2v) is 6.48.